The largest absolute Gasteiger partial charge is 0.293 e. The Morgan fingerprint density at radius 1 is 1.12 bits per heavy atom. The highest BCUT2D eigenvalue weighted by Gasteiger charge is 2.06. The van der Waals surface area contributed by atoms with Gasteiger partial charge in [0.15, 0.2) is 5.78 Å². The highest BCUT2D eigenvalue weighted by molar-refractivity contribution is 6.38. The summed E-state index contributed by atoms with van der Waals surface area (Å²) in [6.07, 6.45) is 1.88. The molecular formula is C14H19NO. The minimum absolute atomic E-state index is 0.0351. The first-order valence-corrected chi connectivity index (χ1v) is 5.77. The quantitative estimate of drug-likeness (QED) is 0.710. The van der Waals surface area contributed by atoms with E-state index in [2.05, 4.69) is 37.0 Å². The average Bonchev–Trinajstić information content (AvgIpc) is 2.29. The maximum atomic E-state index is 11.2. The molecule has 0 spiro atoms. The number of hydrogen-bond acceptors (Lipinski definition) is 2. The standard InChI is InChI=1S/C14H19NO/c1-5-12-8-7-9-13(6-2)14(12)15-10(3)11(4)16/h7-9H,5-6H2,1-4H3/b15-10+. The van der Waals surface area contributed by atoms with Gasteiger partial charge in [0.2, 0.25) is 0 Å². The molecule has 0 saturated heterocycles. The smallest absolute Gasteiger partial charge is 0.173 e. The van der Waals surface area contributed by atoms with Crippen LogP contribution in [0.3, 0.4) is 0 Å². The van der Waals surface area contributed by atoms with Gasteiger partial charge in [-0.25, -0.2) is 4.99 Å². The van der Waals surface area contributed by atoms with Gasteiger partial charge in [-0.05, 0) is 30.9 Å². The average molecular weight is 217 g/mol. The number of nitrogens with zero attached hydrogens (tertiary/aromatic N) is 1. The van der Waals surface area contributed by atoms with Crippen molar-refractivity contribution in [3.8, 4) is 0 Å². The van der Waals surface area contributed by atoms with E-state index in [9.17, 15) is 4.79 Å². The van der Waals surface area contributed by atoms with Crippen LogP contribution < -0.4 is 0 Å². The lowest BCUT2D eigenvalue weighted by molar-refractivity contribution is -0.111. The van der Waals surface area contributed by atoms with E-state index < -0.39 is 0 Å². The molecule has 1 rings (SSSR count). The Bertz CT molecular complexity index is 396. The summed E-state index contributed by atoms with van der Waals surface area (Å²) >= 11 is 0. The van der Waals surface area contributed by atoms with Crippen molar-refractivity contribution in [2.45, 2.75) is 40.5 Å². The SMILES string of the molecule is CCc1cccc(CC)c1/N=C(\C)C(C)=O. The Balaban J connectivity index is 3.29. The number of aliphatic imine (C=N–C) groups is 1. The molecule has 0 saturated carbocycles. The fourth-order valence-corrected chi connectivity index (χ4v) is 1.61. The Labute approximate surface area is 97.4 Å². The minimum atomic E-state index is 0.0351. The number of carbonyl (C=O) groups is 1. The van der Waals surface area contributed by atoms with Crippen molar-refractivity contribution in [1.29, 1.82) is 0 Å². The van der Waals surface area contributed by atoms with E-state index >= 15 is 0 Å². The van der Waals surface area contributed by atoms with Gasteiger partial charge in [0.25, 0.3) is 0 Å². The molecule has 2 nitrogen and oxygen atoms in total. The van der Waals surface area contributed by atoms with Gasteiger partial charge >= 0.3 is 0 Å². The Morgan fingerprint density at radius 3 is 2.00 bits per heavy atom. The van der Waals surface area contributed by atoms with E-state index in [1.165, 1.54) is 11.1 Å². The van der Waals surface area contributed by atoms with Crippen molar-refractivity contribution in [2.75, 3.05) is 0 Å². The van der Waals surface area contributed by atoms with Crippen LogP contribution in [0.15, 0.2) is 23.2 Å². The number of aryl methyl sites for hydroxylation is 2. The van der Waals surface area contributed by atoms with Crippen LogP contribution in [0.5, 0.6) is 0 Å². The van der Waals surface area contributed by atoms with E-state index in [4.69, 9.17) is 0 Å². The van der Waals surface area contributed by atoms with Crippen LogP contribution in [-0.2, 0) is 17.6 Å². The third-order valence-electron chi connectivity index (χ3n) is 2.75. The number of benzene rings is 1. The molecule has 0 aliphatic heterocycles. The number of rotatable bonds is 4. The number of ketones is 1. The van der Waals surface area contributed by atoms with Crippen LogP contribution in [0.4, 0.5) is 5.69 Å². The van der Waals surface area contributed by atoms with Crippen molar-refractivity contribution < 1.29 is 4.79 Å². The zero-order chi connectivity index (χ0) is 12.1. The number of hydrogen-bond donors (Lipinski definition) is 0. The Hall–Kier alpha value is -1.44. The molecule has 0 amide bonds. The highest BCUT2D eigenvalue weighted by Crippen LogP contribution is 2.25. The molecule has 2 heteroatoms. The lowest BCUT2D eigenvalue weighted by Crippen LogP contribution is -2.04. The molecule has 86 valence electrons. The second-order valence-corrected chi connectivity index (χ2v) is 3.89. The van der Waals surface area contributed by atoms with Crippen molar-refractivity contribution in [3.05, 3.63) is 29.3 Å². The molecule has 0 heterocycles. The summed E-state index contributed by atoms with van der Waals surface area (Å²) in [7, 11) is 0. The van der Waals surface area contributed by atoms with Gasteiger partial charge in [0.1, 0.15) is 0 Å². The minimum Gasteiger partial charge on any atom is -0.293 e. The molecule has 16 heavy (non-hydrogen) atoms. The predicted molar refractivity (Wildman–Crippen MR) is 68.6 cm³/mol. The first kappa shape index (κ1) is 12.6. The van der Waals surface area contributed by atoms with Gasteiger partial charge in [0, 0.05) is 6.92 Å². The molecule has 0 aliphatic rings. The first-order valence-electron chi connectivity index (χ1n) is 5.77. The van der Waals surface area contributed by atoms with Crippen LogP contribution >= 0.6 is 0 Å². The number of Topliss-reactive ketones (excluding diaryl/α,β-unsaturated/α-hetero) is 1. The summed E-state index contributed by atoms with van der Waals surface area (Å²) in [5.74, 6) is 0.0351. The molecule has 0 aromatic heterocycles. The lowest BCUT2D eigenvalue weighted by Gasteiger charge is -2.09. The van der Waals surface area contributed by atoms with Crippen molar-refractivity contribution in [3.63, 3.8) is 0 Å². The molecule has 0 atom stereocenters. The van der Waals surface area contributed by atoms with Gasteiger partial charge in [-0.2, -0.15) is 0 Å². The van der Waals surface area contributed by atoms with E-state index in [1.54, 1.807) is 13.8 Å². The summed E-state index contributed by atoms with van der Waals surface area (Å²) in [5.41, 5.74) is 3.98. The summed E-state index contributed by atoms with van der Waals surface area (Å²) in [5, 5.41) is 0. The molecule has 1 aromatic carbocycles. The predicted octanol–water partition coefficient (Wildman–Crippen LogP) is 3.49. The second-order valence-electron chi connectivity index (χ2n) is 3.89. The van der Waals surface area contributed by atoms with Gasteiger partial charge in [-0.1, -0.05) is 32.0 Å². The molecular weight excluding hydrogens is 198 g/mol. The summed E-state index contributed by atoms with van der Waals surface area (Å²) in [4.78, 5) is 15.7. The molecule has 0 N–H and O–H groups in total. The molecule has 0 fully saturated rings. The van der Waals surface area contributed by atoms with Crippen molar-refractivity contribution in [1.82, 2.24) is 0 Å². The molecule has 0 aliphatic carbocycles. The van der Waals surface area contributed by atoms with E-state index in [-0.39, 0.29) is 5.78 Å². The highest BCUT2D eigenvalue weighted by atomic mass is 16.1. The van der Waals surface area contributed by atoms with Gasteiger partial charge < -0.3 is 0 Å². The number of para-hydroxylation sites is 1. The third-order valence-corrected chi connectivity index (χ3v) is 2.75. The fourth-order valence-electron chi connectivity index (χ4n) is 1.61. The monoisotopic (exact) mass is 217 g/mol. The van der Waals surface area contributed by atoms with Crippen LogP contribution in [0.1, 0.15) is 38.8 Å². The van der Waals surface area contributed by atoms with Gasteiger partial charge in [-0.15, -0.1) is 0 Å². The van der Waals surface area contributed by atoms with E-state index in [0.717, 1.165) is 18.5 Å². The third kappa shape index (κ3) is 2.78. The Kier molecular flexibility index (Phi) is 4.41. The summed E-state index contributed by atoms with van der Waals surface area (Å²) < 4.78 is 0. The normalized spacial score (nSPS) is 11.6. The Morgan fingerprint density at radius 2 is 1.62 bits per heavy atom. The maximum absolute atomic E-state index is 11.2. The van der Waals surface area contributed by atoms with Crippen LogP contribution in [0.25, 0.3) is 0 Å². The van der Waals surface area contributed by atoms with Crippen LogP contribution in [0.2, 0.25) is 0 Å². The fraction of sp³-hybridized carbons (Fsp3) is 0.429. The van der Waals surface area contributed by atoms with Crippen molar-refractivity contribution >= 4 is 17.2 Å². The van der Waals surface area contributed by atoms with E-state index in [1.807, 2.05) is 0 Å². The molecule has 1 aromatic rings. The second kappa shape index (κ2) is 5.59. The zero-order valence-corrected chi connectivity index (χ0v) is 10.5. The van der Waals surface area contributed by atoms with E-state index in [0.29, 0.717) is 5.71 Å². The van der Waals surface area contributed by atoms with Crippen molar-refractivity contribution in [2.24, 2.45) is 4.99 Å². The molecule has 0 bridgehead atoms. The van der Waals surface area contributed by atoms with Crippen LogP contribution in [0, 0.1) is 0 Å². The summed E-state index contributed by atoms with van der Waals surface area (Å²) in [6.45, 7) is 7.54. The summed E-state index contributed by atoms with van der Waals surface area (Å²) in [6, 6.07) is 6.20. The zero-order valence-electron chi connectivity index (χ0n) is 10.5. The van der Waals surface area contributed by atoms with Gasteiger partial charge in [-0.3, -0.25) is 4.79 Å². The first-order chi connectivity index (χ1) is 7.60. The lowest BCUT2D eigenvalue weighted by atomic mass is 10.0. The number of carbonyl (C=O) groups excluding carboxylic acids is 1. The maximum Gasteiger partial charge on any atom is 0.173 e. The topological polar surface area (TPSA) is 29.4 Å². The van der Waals surface area contributed by atoms with Gasteiger partial charge in [0.05, 0.1) is 11.4 Å². The van der Waals surface area contributed by atoms with Crippen LogP contribution in [-0.4, -0.2) is 11.5 Å². The molecule has 0 radical (unpaired) electrons. The molecule has 0 unspecified atom stereocenters.